The molecule has 0 N–H and O–H groups in total. The minimum Gasteiger partial charge on any atom is -0.339 e. The Balaban J connectivity index is 1.34. The number of imide groups is 1. The van der Waals surface area contributed by atoms with Crippen LogP contribution in [0.15, 0.2) is 24.3 Å². The van der Waals surface area contributed by atoms with E-state index in [1.54, 1.807) is 24.3 Å². The van der Waals surface area contributed by atoms with E-state index in [1.165, 1.54) is 4.90 Å². The molecule has 5 rings (SSSR count). The molecule has 3 amide bonds. The third-order valence-electron chi connectivity index (χ3n) is 7.37. The average molecular weight is 366 g/mol. The summed E-state index contributed by atoms with van der Waals surface area (Å²) in [5.41, 5.74) is 1.25. The maximum atomic E-state index is 12.9. The summed E-state index contributed by atoms with van der Waals surface area (Å²) >= 11 is 0. The van der Waals surface area contributed by atoms with Gasteiger partial charge in [-0.3, -0.25) is 19.3 Å². The molecule has 4 atom stereocenters. The summed E-state index contributed by atoms with van der Waals surface area (Å²) in [7, 11) is 0. The fraction of sp³-hybridized carbons (Fsp3) is 0.591. The lowest BCUT2D eigenvalue weighted by Gasteiger charge is -2.30. The molecule has 2 aliphatic heterocycles. The monoisotopic (exact) mass is 366 g/mol. The molecule has 1 aromatic rings. The van der Waals surface area contributed by atoms with E-state index in [1.807, 2.05) is 4.90 Å². The van der Waals surface area contributed by atoms with Crippen molar-refractivity contribution >= 4 is 23.4 Å². The number of anilines is 1. The molecule has 5 nitrogen and oxygen atoms in total. The van der Waals surface area contributed by atoms with Crippen molar-refractivity contribution in [1.82, 2.24) is 4.90 Å². The van der Waals surface area contributed by atoms with Crippen LogP contribution >= 0.6 is 0 Å². The lowest BCUT2D eigenvalue weighted by Crippen LogP contribution is -2.38. The number of carbonyl (C=O) groups excluding carboxylic acids is 3. The van der Waals surface area contributed by atoms with Gasteiger partial charge >= 0.3 is 0 Å². The van der Waals surface area contributed by atoms with Crippen molar-refractivity contribution in [2.75, 3.05) is 18.0 Å². The Morgan fingerprint density at radius 3 is 2.00 bits per heavy atom. The van der Waals surface area contributed by atoms with Gasteiger partial charge in [-0.05, 0) is 74.1 Å². The van der Waals surface area contributed by atoms with E-state index in [4.69, 9.17) is 0 Å². The average Bonchev–Trinajstić information content (AvgIpc) is 3.36. The highest BCUT2D eigenvalue weighted by molar-refractivity contribution is 6.22. The van der Waals surface area contributed by atoms with Crippen molar-refractivity contribution in [3.05, 3.63) is 29.8 Å². The molecule has 2 saturated carbocycles. The fourth-order valence-corrected chi connectivity index (χ4v) is 5.81. The van der Waals surface area contributed by atoms with Crippen molar-refractivity contribution < 1.29 is 14.4 Å². The number of benzene rings is 1. The van der Waals surface area contributed by atoms with E-state index in [2.05, 4.69) is 6.92 Å². The van der Waals surface area contributed by atoms with Crippen molar-refractivity contribution in [2.45, 2.75) is 39.0 Å². The van der Waals surface area contributed by atoms with Crippen molar-refractivity contribution in [2.24, 2.45) is 29.6 Å². The van der Waals surface area contributed by atoms with E-state index >= 15 is 0 Å². The molecule has 5 heteroatoms. The highest BCUT2D eigenvalue weighted by Gasteiger charge is 2.61. The lowest BCUT2D eigenvalue weighted by molar-refractivity contribution is -0.123. The lowest BCUT2D eigenvalue weighted by atomic mass is 9.81. The molecule has 27 heavy (non-hydrogen) atoms. The van der Waals surface area contributed by atoms with Crippen LogP contribution in [0, 0.1) is 29.6 Å². The van der Waals surface area contributed by atoms with Gasteiger partial charge in [0.1, 0.15) is 0 Å². The molecule has 2 heterocycles. The minimum absolute atomic E-state index is 0.0266. The quantitative estimate of drug-likeness (QED) is 0.756. The van der Waals surface area contributed by atoms with Crippen LogP contribution in [-0.2, 0) is 9.59 Å². The molecule has 1 aromatic carbocycles. The second kappa shape index (κ2) is 6.18. The Labute approximate surface area is 159 Å². The molecule has 4 fully saturated rings. The number of piperidine rings is 1. The largest absolute Gasteiger partial charge is 0.339 e. The number of fused-ring (bicyclic) bond motifs is 5. The molecule has 2 saturated heterocycles. The summed E-state index contributed by atoms with van der Waals surface area (Å²) in [6.45, 7) is 3.83. The summed E-state index contributed by atoms with van der Waals surface area (Å²) in [4.78, 5) is 41.8. The second-order valence-corrected chi connectivity index (χ2v) is 8.92. The van der Waals surface area contributed by atoms with Crippen LogP contribution in [0.5, 0.6) is 0 Å². The Morgan fingerprint density at radius 2 is 1.44 bits per heavy atom. The molecular weight excluding hydrogens is 340 g/mol. The van der Waals surface area contributed by atoms with Crippen LogP contribution in [0.3, 0.4) is 0 Å². The Hall–Kier alpha value is -2.17. The van der Waals surface area contributed by atoms with E-state index in [-0.39, 0.29) is 29.6 Å². The number of hydrogen-bond donors (Lipinski definition) is 0. The first-order valence-corrected chi connectivity index (χ1v) is 10.3. The normalized spacial score (nSPS) is 33.1. The van der Waals surface area contributed by atoms with Crippen molar-refractivity contribution in [3.63, 3.8) is 0 Å². The highest BCUT2D eigenvalue weighted by Crippen LogP contribution is 2.56. The molecule has 2 aliphatic carbocycles. The van der Waals surface area contributed by atoms with Gasteiger partial charge in [0, 0.05) is 18.7 Å². The first-order valence-electron chi connectivity index (χ1n) is 10.3. The predicted molar refractivity (Wildman–Crippen MR) is 101 cm³/mol. The number of amides is 3. The van der Waals surface area contributed by atoms with E-state index in [0.29, 0.717) is 29.0 Å². The molecule has 0 spiro atoms. The molecule has 4 aliphatic rings. The van der Waals surface area contributed by atoms with Gasteiger partial charge in [-0.15, -0.1) is 0 Å². The van der Waals surface area contributed by atoms with Crippen LogP contribution in [0.25, 0.3) is 0 Å². The van der Waals surface area contributed by atoms with Crippen LogP contribution in [0.1, 0.15) is 49.4 Å². The van der Waals surface area contributed by atoms with Gasteiger partial charge in [0.05, 0.1) is 17.5 Å². The zero-order valence-electron chi connectivity index (χ0n) is 15.8. The summed E-state index contributed by atoms with van der Waals surface area (Å²) < 4.78 is 0. The van der Waals surface area contributed by atoms with Gasteiger partial charge < -0.3 is 4.90 Å². The number of nitrogens with zero attached hydrogens (tertiary/aromatic N) is 2. The summed E-state index contributed by atoms with van der Waals surface area (Å²) in [5, 5.41) is 0. The fourth-order valence-electron chi connectivity index (χ4n) is 5.81. The Kier molecular flexibility index (Phi) is 3.88. The third-order valence-corrected chi connectivity index (χ3v) is 7.37. The maximum Gasteiger partial charge on any atom is 0.253 e. The number of rotatable bonds is 2. The predicted octanol–water partition coefficient (Wildman–Crippen LogP) is 3.09. The second-order valence-electron chi connectivity index (χ2n) is 8.92. The van der Waals surface area contributed by atoms with Crippen LogP contribution in [0.2, 0.25) is 0 Å². The molecular formula is C22H26N2O3. The summed E-state index contributed by atoms with van der Waals surface area (Å²) in [6, 6.07) is 7.05. The molecule has 0 radical (unpaired) electrons. The van der Waals surface area contributed by atoms with Crippen molar-refractivity contribution in [3.8, 4) is 0 Å². The van der Waals surface area contributed by atoms with Gasteiger partial charge in [0.25, 0.3) is 5.91 Å². The first-order chi connectivity index (χ1) is 13.0. The van der Waals surface area contributed by atoms with Crippen molar-refractivity contribution in [1.29, 1.82) is 0 Å². The van der Waals surface area contributed by atoms with Crippen LogP contribution in [-0.4, -0.2) is 35.7 Å². The molecule has 0 aromatic heterocycles. The van der Waals surface area contributed by atoms with Gasteiger partial charge in [-0.1, -0.05) is 6.92 Å². The summed E-state index contributed by atoms with van der Waals surface area (Å²) in [6.07, 6.45) is 5.31. The zero-order valence-corrected chi connectivity index (χ0v) is 15.8. The number of hydrogen-bond acceptors (Lipinski definition) is 3. The number of carbonyl (C=O) groups is 3. The van der Waals surface area contributed by atoms with Gasteiger partial charge in [0.15, 0.2) is 0 Å². The number of likely N-dealkylation sites (tertiary alicyclic amines) is 1. The standard InChI is InChI=1S/C22H26N2O3/c1-13-8-10-23(11-9-13)20(25)14-4-6-17(7-5-14)24-21(26)18-15-2-3-16(12-15)19(18)22(24)27/h4-7,13,15-16,18-19H,2-3,8-12H2,1H3/t15-,16-,18-,19+/m0/s1. The first kappa shape index (κ1) is 17.0. The Bertz CT molecular complexity index is 766. The summed E-state index contributed by atoms with van der Waals surface area (Å²) in [5.74, 6) is 1.25. The molecule has 2 bridgehead atoms. The maximum absolute atomic E-state index is 12.9. The topological polar surface area (TPSA) is 57.7 Å². The Morgan fingerprint density at radius 1 is 0.889 bits per heavy atom. The van der Waals surface area contributed by atoms with Gasteiger partial charge in [-0.2, -0.15) is 0 Å². The van der Waals surface area contributed by atoms with E-state index in [0.717, 1.165) is 45.2 Å². The third kappa shape index (κ3) is 2.54. The molecule has 0 unspecified atom stereocenters. The van der Waals surface area contributed by atoms with Gasteiger partial charge in [-0.25, -0.2) is 0 Å². The highest BCUT2D eigenvalue weighted by atomic mass is 16.2. The van der Waals surface area contributed by atoms with Gasteiger partial charge in [0.2, 0.25) is 11.8 Å². The van der Waals surface area contributed by atoms with Crippen LogP contribution in [0.4, 0.5) is 5.69 Å². The minimum atomic E-state index is -0.104. The van der Waals surface area contributed by atoms with E-state index in [9.17, 15) is 14.4 Å². The smallest absolute Gasteiger partial charge is 0.253 e. The van der Waals surface area contributed by atoms with Crippen LogP contribution < -0.4 is 4.90 Å². The van der Waals surface area contributed by atoms with E-state index < -0.39 is 0 Å². The molecule has 142 valence electrons. The zero-order chi connectivity index (χ0) is 18.7. The SMILES string of the molecule is CC1CCN(C(=O)c2ccc(N3C(=O)[C@@H]4[C@H]5CC[C@@H](C5)[C@@H]4C3=O)cc2)CC1.